The fourth-order valence-electron chi connectivity index (χ4n) is 1.25. The molecular weight excluding hydrogens is 204 g/mol. The molecule has 16 heavy (non-hydrogen) atoms. The van der Waals surface area contributed by atoms with E-state index in [4.69, 9.17) is 5.26 Å². The summed E-state index contributed by atoms with van der Waals surface area (Å²) in [6, 6.07) is 6.70. The first-order valence-corrected chi connectivity index (χ1v) is 4.90. The van der Waals surface area contributed by atoms with Crippen LogP contribution >= 0.6 is 0 Å². The van der Waals surface area contributed by atoms with Crippen LogP contribution in [-0.4, -0.2) is 16.6 Å². The highest BCUT2D eigenvalue weighted by Crippen LogP contribution is 2.19. The third-order valence-electron chi connectivity index (χ3n) is 2.26. The number of nitrogens with one attached hydrogen (secondary N) is 1. The Morgan fingerprint density at radius 3 is 2.69 bits per heavy atom. The van der Waals surface area contributed by atoms with Crippen molar-refractivity contribution in [2.45, 2.75) is 26.3 Å². The maximum absolute atomic E-state index is 11.8. The van der Waals surface area contributed by atoms with E-state index in [9.17, 15) is 9.90 Å². The van der Waals surface area contributed by atoms with Gasteiger partial charge in [0.05, 0.1) is 6.07 Å². The molecule has 0 heterocycles. The fourth-order valence-corrected chi connectivity index (χ4v) is 1.25. The van der Waals surface area contributed by atoms with E-state index in [1.54, 1.807) is 32.9 Å². The van der Waals surface area contributed by atoms with E-state index in [1.807, 2.05) is 6.07 Å². The standard InChI is InChI=1S/C12H14N2O2/c1-8-9(5-4-6-10(8)15)11(16)14-12(2,3)7-13/h4-6,15H,1-3H3,(H,14,16). The molecule has 0 aliphatic heterocycles. The van der Waals surface area contributed by atoms with E-state index in [0.29, 0.717) is 11.1 Å². The Hall–Kier alpha value is -2.02. The van der Waals surface area contributed by atoms with Gasteiger partial charge in [-0.15, -0.1) is 0 Å². The minimum Gasteiger partial charge on any atom is -0.508 e. The lowest BCUT2D eigenvalue weighted by molar-refractivity contribution is 0.0928. The molecule has 1 aromatic carbocycles. The van der Waals surface area contributed by atoms with E-state index in [0.717, 1.165) is 0 Å². The number of benzene rings is 1. The van der Waals surface area contributed by atoms with Gasteiger partial charge in [0.1, 0.15) is 11.3 Å². The van der Waals surface area contributed by atoms with Gasteiger partial charge >= 0.3 is 0 Å². The maximum Gasteiger partial charge on any atom is 0.252 e. The van der Waals surface area contributed by atoms with Crippen LogP contribution in [0.3, 0.4) is 0 Å². The molecule has 84 valence electrons. The minimum atomic E-state index is -0.922. The summed E-state index contributed by atoms with van der Waals surface area (Å²) < 4.78 is 0. The topological polar surface area (TPSA) is 73.1 Å². The molecule has 0 radical (unpaired) electrons. The lowest BCUT2D eigenvalue weighted by Crippen LogP contribution is -2.42. The summed E-state index contributed by atoms with van der Waals surface area (Å²) >= 11 is 0. The Labute approximate surface area is 94.5 Å². The second-order valence-electron chi connectivity index (χ2n) is 4.14. The molecule has 0 saturated heterocycles. The number of carbonyl (C=O) groups excluding carboxylic acids is 1. The van der Waals surface area contributed by atoms with Gasteiger partial charge in [-0.2, -0.15) is 5.26 Å². The van der Waals surface area contributed by atoms with Crippen LogP contribution in [0.1, 0.15) is 29.8 Å². The average Bonchev–Trinajstić information content (AvgIpc) is 2.21. The molecule has 1 aromatic rings. The Kier molecular flexibility index (Phi) is 3.19. The molecule has 0 atom stereocenters. The van der Waals surface area contributed by atoms with Crippen LogP contribution in [0.25, 0.3) is 0 Å². The van der Waals surface area contributed by atoms with Crippen molar-refractivity contribution in [3.63, 3.8) is 0 Å². The molecule has 0 spiro atoms. The van der Waals surface area contributed by atoms with Crippen molar-refractivity contribution in [2.24, 2.45) is 0 Å². The summed E-state index contributed by atoms with van der Waals surface area (Å²) in [7, 11) is 0. The van der Waals surface area contributed by atoms with Crippen LogP contribution in [-0.2, 0) is 0 Å². The number of amides is 1. The van der Waals surface area contributed by atoms with Gasteiger partial charge in [0.25, 0.3) is 5.91 Å². The maximum atomic E-state index is 11.8. The number of rotatable bonds is 2. The zero-order chi connectivity index (χ0) is 12.3. The van der Waals surface area contributed by atoms with Gasteiger partial charge in [0, 0.05) is 11.1 Å². The number of phenols is 1. The van der Waals surface area contributed by atoms with Crippen molar-refractivity contribution >= 4 is 5.91 Å². The number of phenolic OH excluding ortho intramolecular Hbond substituents is 1. The second-order valence-corrected chi connectivity index (χ2v) is 4.14. The molecule has 0 aliphatic rings. The Morgan fingerprint density at radius 1 is 1.50 bits per heavy atom. The summed E-state index contributed by atoms with van der Waals surface area (Å²) in [5.74, 6) is -0.289. The van der Waals surface area contributed by atoms with Crippen LogP contribution in [0.4, 0.5) is 0 Å². The van der Waals surface area contributed by atoms with E-state index in [-0.39, 0.29) is 11.7 Å². The van der Waals surface area contributed by atoms with Crippen molar-refractivity contribution < 1.29 is 9.90 Å². The largest absolute Gasteiger partial charge is 0.508 e. The van der Waals surface area contributed by atoms with Gasteiger partial charge in [-0.05, 0) is 32.9 Å². The third kappa shape index (κ3) is 2.51. The van der Waals surface area contributed by atoms with Crippen molar-refractivity contribution in [1.82, 2.24) is 5.32 Å². The van der Waals surface area contributed by atoms with Crippen molar-refractivity contribution in [1.29, 1.82) is 5.26 Å². The van der Waals surface area contributed by atoms with Gasteiger partial charge in [-0.1, -0.05) is 6.07 Å². The van der Waals surface area contributed by atoms with Gasteiger partial charge in [-0.3, -0.25) is 4.79 Å². The number of nitrogens with zero attached hydrogens (tertiary/aromatic N) is 1. The van der Waals surface area contributed by atoms with Crippen molar-refractivity contribution in [3.05, 3.63) is 29.3 Å². The van der Waals surface area contributed by atoms with E-state index < -0.39 is 5.54 Å². The predicted molar refractivity (Wildman–Crippen MR) is 60.0 cm³/mol. The van der Waals surface area contributed by atoms with Crippen LogP contribution in [0, 0.1) is 18.3 Å². The molecule has 0 unspecified atom stereocenters. The van der Waals surface area contributed by atoms with Gasteiger partial charge in [-0.25, -0.2) is 0 Å². The molecule has 1 amide bonds. The smallest absolute Gasteiger partial charge is 0.252 e. The van der Waals surface area contributed by atoms with Crippen LogP contribution in [0.2, 0.25) is 0 Å². The highest BCUT2D eigenvalue weighted by molar-refractivity contribution is 5.96. The SMILES string of the molecule is Cc1c(O)cccc1C(=O)NC(C)(C)C#N. The molecule has 4 nitrogen and oxygen atoms in total. The fraction of sp³-hybridized carbons (Fsp3) is 0.333. The average molecular weight is 218 g/mol. The second kappa shape index (κ2) is 4.23. The molecule has 0 aliphatic carbocycles. The quantitative estimate of drug-likeness (QED) is 0.794. The van der Waals surface area contributed by atoms with Gasteiger partial charge in [0.15, 0.2) is 0 Å². The van der Waals surface area contributed by atoms with E-state index >= 15 is 0 Å². The predicted octanol–water partition coefficient (Wildman–Crippen LogP) is 1.73. The molecule has 2 N–H and O–H groups in total. The molecule has 0 saturated carbocycles. The number of hydrogen-bond donors (Lipinski definition) is 2. The first kappa shape index (κ1) is 12.1. The first-order chi connectivity index (χ1) is 7.37. The summed E-state index contributed by atoms with van der Waals surface area (Å²) in [5, 5.41) is 20.8. The lowest BCUT2D eigenvalue weighted by atomic mass is 10.0. The van der Waals surface area contributed by atoms with Crippen LogP contribution in [0.15, 0.2) is 18.2 Å². The third-order valence-corrected chi connectivity index (χ3v) is 2.26. The lowest BCUT2D eigenvalue weighted by Gasteiger charge is -2.18. The van der Waals surface area contributed by atoms with Gasteiger partial charge in [0.2, 0.25) is 0 Å². The molecule has 0 aromatic heterocycles. The minimum absolute atomic E-state index is 0.0717. The van der Waals surface area contributed by atoms with Crippen molar-refractivity contribution in [3.8, 4) is 11.8 Å². The summed E-state index contributed by atoms with van der Waals surface area (Å²) in [5.41, 5.74) is -0.0355. The Balaban J connectivity index is 2.99. The normalized spacial score (nSPS) is 10.6. The molecule has 0 fully saturated rings. The van der Waals surface area contributed by atoms with Crippen molar-refractivity contribution in [2.75, 3.05) is 0 Å². The van der Waals surface area contributed by atoms with Crippen LogP contribution in [0.5, 0.6) is 5.75 Å². The highest BCUT2D eigenvalue weighted by atomic mass is 16.3. The van der Waals surface area contributed by atoms with Crippen LogP contribution < -0.4 is 5.32 Å². The Bertz CT molecular complexity index is 459. The number of hydrogen-bond acceptors (Lipinski definition) is 3. The zero-order valence-corrected chi connectivity index (χ0v) is 9.53. The zero-order valence-electron chi connectivity index (χ0n) is 9.53. The molecule has 0 bridgehead atoms. The highest BCUT2D eigenvalue weighted by Gasteiger charge is 2.21. The number of nitriles is 1. The number of aromatic hydroxyl groups is 1. The summed E-state index contributed by atoms with van der Waals surface area (Å²) in [6.45, 7) is 4.88. The number of carbonyl (C=O) groups is 1. The van der Waals surface area contributed by atoms with E-state index in [1.165, 1.54) is 6.07 Å². The summed E-state index contributed by atoms with van der Waals surface area (Å²) in [6.07, 6.45) is 0. The monoisotopic (exact) mass is 218 g/mol. The van der Waals surface area contributed by atoms with Gasteiger partial charge < -0.3 is 10.4 Å². The Morgan fingerprint density at radius 2 is 2.12 bits per heavy atom. The van der Waals surface area contributed by atoms with E-state index in [2.05, 4.69) is 5.32 Å². The molecule has 4 heteroatoms. The first-order valence-electron chi connectivity index (χ1n) is 4.90. The summed E-state index contributed by atoms with van der Waals surface area (Å²) in [4.78, 5) is 11.8. The molecule has 1 rings (SSSR count). The molecular formula is C12H14N2O2.